The van der Waals surface area contributed by atoms with Gasteiger partial charge < -0.3 is 15.0 Å². The SMILES string of the molecule is CCN(CC)C(=O)c1ccc(NC(=O)c2ccc(NC(=O)OC(C)(C)C)cc2)cc1. The molecule has 3 amide bonds. The highest BCUT2D eigenvalue weighted by Gasteiger charge is 2.16. The molecular weight excluding hydrogens is 382 g/mol. The van der Waals surface area contributed by atoms with Crippen LogP contribution in [-0.4, -0.2) is 41.5 Å². The van der Waals surface area contributed by atoms with Crippen LogP contribution < -0.4 is 10.6 Å². The zero-order chi connectivity index (χ0) is 22.3. The van der Waals surface area contributed by atoms with Crippen LogP contribution in [-0.2, 0) is 4.74 Å². The Bertz CT molecular complexity index is 880. The molecule has 0 fully saturated rings. The van der Waals surface area contributed by atoms with Gasteiger partial charge in [-0.1, -0.05) is 0 Å². The van der Waals surface area contributed by atoms with Gasteiger partial charge in [-0.15, -0.1) is 0 Å². The average molecular weight is 412 g/mol. The maximum Gasteiger partial charge on any atom is 0.412 e. The van der Waals surface area contributed by atoms with E-state index >= 15 is 0 Å². The Morgan fingerprint density at radius 2 is 1.27 bits per heavy atom. The maximum absolute atomic E-state index is 12.5. The Morgan fingerprint density at radius 1 is 0.800 bits per heavy atom. The summed E-state index contributed by atoms with van der Waals surface area (Å²) < 4.78 is 5.20. The van der Waals surface area contributed by atoms with Crippen LogP contribution in [0.5, 0.6) is 0 Å². The smallest absolute Gasteiger partial charge is 0.412 e. The molecule has 0 saturated heterocycles. The van der Waals surface area contributed by atoms with Crippen LogP contribution in [0.1, 0.15) is 55.3 Å². The highest BCUT2D eigenvalue weighted by Crippen LogP contribution is 2.16. The van der Waals surface area contributed by atoms with Gasteiger partial charge in [-0.3, -0.25) is 14.9 Å². The molecule has 0 radical (unpaired) electrons. The second kappa shape index (κ2) is 9.91. The highest BCUT2D eigenvalue weighted by molar-refractivity contribution is 6.05. The van der Waals surface area contributed by atoms with Gasteiger partial charge in [-0.05, 0) is 83.1 Å². The summed E-state index contributed by atoms with van der Waals surface area (Å²) >= 11 is 0. The van der Waals surface area contributed by atoms with Crippen LogP contribution >= 0.6 is 0 Å². The molecule has 2 rings (SSSR count). The zero-order valence-electron chi connectivity index (χ0n) is 18.1. The first-order chi connectivity index (χ1) is 14.1. The van der Waals surface area contributed by atoms with Crippen molar-refractivity contribution in [1.82, 2.24) is 4.90 Å². The normalized spacial score (nSPS) is 10.8. The minimum absolute atomic E-state index is 0.0362. The molecule has 2 aromatic rings. The van der Waals surface area contributed by atoms with Crippen LogP contribution in [0.25, 0.3) is 0 Å². The summed E-state index contributed by atoms with van der Waals surface area (Å²) in [6, 6.07) is 13.3. The van der Waals surface area contributed by atoms with E-state index in [1.807, 2.05) is 13.8 Å². The van der Waals surface area contributed by atoms with Gasteiger partial charge in [-0.2, -0.15) is 0 Å². The highest BCUT2D eigenvalue weighted by atomic mass is 16.6. The molecule has 2 N–H and O–H groups in total. The number of nitrogens with zero attached hydrogens (tertiary/aromatic N) is 1. The van der Waals surface area contributed by atoms with Crippen molar-refractivity contribution in [3.63, 3.8) is 0 Å². The van der Waals surface area contributed by atoms with Crippen LogP contribution in [0, 0.1) is 0 Å². The van der Waals surface area contributed by atoms with Gasteiger partial charge in [0, 0.05) is 35.6 Å². The molecule has 0 aliphatic heterocycles. The Morgan fingerprint density at radius 3 is 1.73 bits per heavy atom. The van der Waals surface area contributed by atoms with Crippen molar-refractivity contribution in [3.8, 4) is 0 Å². The number of benzene rings is 2. The fourth-order valence-corrected chi connectivity index (χ4v) is 2.72. The van der Waals surface area contributed by atoms with Crippen molar-refractivity contribution in [2.75, 3.05) is 23.7 Å². The van der Waals surface area contributed by atoms with Gasteiger partial charge >= 0.3 is 6.09 Å². The number of hydrogen-bond donors (Lipinski definition) is 2. The summed E-state index contributed by atoms with van der Waals surface area (Å²) in [7, 11) is 0. The van der Waals surface area contributed by atoms with E-state index in [1.165, 1.54) is 0 Å². The van der Waals surface area contributed by atoms with E-state index in [9.17, 15) is 14.4 Å². The summed E-state index contributed by atoms with van der Waals surface area (Å²) in [5, 5.41) is 5.42. The molecule has 0 atom stereocenters. The molecule has 0 unspecified atom stereocenters. The standard InChI is InChI=1S/C23H29N3O4/c1-6-26(7-2)21(28)17-10-14-18(15-11-17)24-20(27)16-8-12-19(13-9-16)25-22(29)30-23(3,4)5/h8-15H,6-7H2,1-5H3,(H,24,27)(H,25,29). The number of hydrogen-bond acceptors (Lipinski definition) is 4. The third-order valence-electron chi connectivity index (χ3n) is 4.23. The Balaban J connectivity index is 1.97. The van der Waals surface area contributed by atoms with E-state index in [-0.39, 0.29) is 11.8 Å². The fraction of sp³-hybridized carbons (Fsp3) is 0.348. The van der Waals surface area contributed by atoms with Crippen molar-refractivity contribution in [2.45, 2.75) is 40.2 Å². The molecule has 0 saturated carbocycles. The average Bonchev–Trinajstić information content (AvgIpc) is 2.68. The lowest BCUT2D eigenvalue weighted by atomic mass is 10.1. The van der Waals surface area contributed by atoms with Crippen molar-refractivity contribution in [1.29, 1.82) is 0 Å². The van der Waals surface area contributed by atoms with Gasteiger partial charge in [0.05, 0.1) is 0 Å². The van der Waals surface area contributed by atoms with Gasteiger partial charge in [0.1, 0.15) is 5.60 Å². The molecule has 0 aliphatic carbocycles. The maximum atomic E-state index is 12.5. The van der Waals surface area contributed by atoms with Crippen molar-refractivity contribution in [2.24, 2.45) is 0 Å². The number of carbonyl (C=O) groups excluding carboxylic acids is 3. The van der Waals surface area contributed by atoms with Gasteiger partial charge in [0.25, 0.3) is 11.8 Å². The van der Waals surface area contributed by atoms with Gasteiger partial charge in [0.2, 0.25) is 0 Å². The second-order valence-electron chi connectivity index (χ2n) is 7.71. The molecular formula is C23H29N3O4. The number of carbonyl (C=O) groups is 3. The lowest BCUT2D eigenvalue weighted by Gasteiger charge is -2.19. The van der Waals surface area contributed by atoms with E-state index in [4.69, 9.17) is 4.74 Å². The van der Waals surface area contributed by atoms with E-state index in [0.29, 0.717) is 35.6 Å². The third-order valence-corrected chi connectivity index (χ3v) is 4.23. The third kappa shape index (κ3) is 6.62. The number of ether oxygens (including phenoxy) is 1. The predicted molar refractivity (Wildman–Crippen MR) is 118 cm³/mol. The van der Waals surface area contributed by atoms with Crippen LogP contribution in [0.15, 0.2) is 48.5 Å². The first kappa shape index (κ1) is 22.9. The molecule has 0 aromatic heterocycles. The lowest BCUT2D eigenvalue weighted by molar-refractivity contribution is 0.0635. The van der Waals surface area contributed by atoms with Crippen LogP contribution in [0.2, 0.25) is 0 Å². The lowest BCUT2D eigenvalue weighted by Crippen LogP contribution is -2.30. The van der Waals surface area contributed by atoms with E-state index in [0.717, 1.165) is 0 Å². The Kier molecular flexibility index (Phi) is 7.58. The van der Waals surface area contributed by atoms with E-state index in [2.05, 4.69) is 10.6 Å². The number of nitrogens with one attached hydrogen (secondary N) is 2. The van der Waals surface area contributed by atoms with E-state index in [1.54, 1.807) is 74.2 Å². The number of anilines is 2. The summed E-state index contributed by atoms with van der Waals surface area (Å²) in [6.45, 7) is 10.5. The van der Waals surface area contributed by atoms with Crippen LogP contribution in [0.3, 0.4) is 0 Å². The van der Waals surface area contributed by atoms with Crippen LogP contribution in [0.4, 0.5) is 16.2 Å². The van der Waals surface area contributed by atoms with Crippen molar-refractivity contribution in [3.05, 3.63) is 59.7 Å². The fourth-order valence-electron chi connectivity index (χ4n) is 2.72. The Hall–Kier alpha value is -3.35. The summed E-state index contributed by atoms with van der Waals surface area (Å²) in [5.41, 5.74) is 1.55. The van der Waals surface area contributed by atoms with Crippen molar-refractivity contribution >= 4 is 29.3 Å². The predicted octanol–water partition coefficient (Wildman–Crippen LogP) is 4.77. The van der Waals surface area contributed by atoms with Crippen molar-refractivity contribution < 1.29 is 19.1 Å². The monoisotopic (exact) mass is 411 g/mol. The summed E-state index contributed by atoms with van der Waals surface area (Å²) in [4.78, 5) is 38.3. The zero-order valence-corrected chi connectivity index (χ0v) is 18.1. The molecule has 30 heavy (non-hydrogen) atoms. The first-order valence-electron chi connectivity index (χ1n) is 9.93. The molecule has 160 valence electrons. The second-order valence-corrected chi connectivity index (χ2v) is 7.71. The molecule has 7 heteroatoms. The molecule has 2 aromatic carbocycles. The van der Waals surface area contributed by atoms with Gasteiger partial charge in [0.15, 0.2) is 0 Å². The number of amides is 3. The first-order valence-corrected chi connectivity index (χ1v) is 9.93. The largest absolute Gasteiger partial charge is 0.444 e. The summed E-state index contributed by atoms with van der Waals surface area (Å²) in [5.74, 6) is -0.326. The quantitative estimate of drug-likeness (QED) is 0.717. The molecule has 0 bridgehead atoms. The van der Waals surface area contributed by atoms with Gasteiger partial charge in [-0.25, -0.2) is 4.79 Å². The molecule has 0 heterocycles. The summed E-state index contributed by atoms with van der Waals surface area (Å²) in [6.07, 6.45) is -0.556. The minimum atomic E-state index is -0.588. The number of rotatable bonds is 6. The molecule has 7 nitrogen and oxygen atoms in total. The Labute approximate surface area is 177 Å². The topological polar surface area (TPSA) is 87.7 Å². The molecule has 0 aliphatic rings. The van der Waals surface area contributed by atoms with E-state index < -0.39 is 11.7 Å². The minimum Gasteiger partial charge on any atom is -0.444 e. The molecule has 0 spiro atoms.